The van der Waals surface area contributed by atoms with Gasteiger partial charge in [0.2, 0.25) is 0 Å². The average Bonchev–Trinajstić information content (AvgIpc) is 3.32. The van der Waals surface area contributed by atoms with Crippen molar-refractivity contribution in [3.63, 3.8) is 0 Å². The highest BCUT2D eigenvalue weighted by Gasteiger charge is 2.22. The van der Waals surface area contributed by atoms with E-state index in [-0.39, 0.29) is 5.91 Å². The third-order valence-corrected chi connectivity index (χ3v) is 7.73. The maximum atomic E-state index is 13.8. The fourth-order valence-electron chi connectivity index (χ4n) is 4.79. The molecule has 1 fully saturated rings. The third kappa shape index (κ3) is 5.84. The van der Waals surface area contributed by atoms with Crippen LogP contribution in [0.3, 0.4) is 0 Å². The molecule has 0 unspecified atom stereocenters. The molecule has 0 radical (unpaired) electrons. The minimum Gasteiger partial charge on any atom is -0.379 e. The quantitative estimate of drug-likeness (QED) is 0.304. The zero-order valence-electron chi connectivity index (χ0n) is 21.1. The second-order valence-electron chi connectivity index (χ2n) is 9.55. The number of anilines is 1. The molecule has 1 aromatic heterocycles. The summed E-state index contributed by atoms with van der Waals surface area (Å²) in [5.74, 6) is 0.0108. The van der Waals surface area contributed by atoms with Crippen LogP contribution in [-0.4, -0.2) is 55.2 Å². The number of rotatable bonds is 8. The molecule has 186 valence electrons. The first kappa shape index (κ1) is 24.6. The lowest BCUT2D eigenvalue weighted by atomic mass is 10.0. The molecule has 1 amide bonds. The van der Waals surface area contributed by atoms with Gasteiger partial charge in [-0.2, -0.15) is 0 Å². The molecule has 2 heterocycles. The van der Waals surface area contributed by atoms with Crippen molar-refractivity contribution in [2.24, 2.45) is 0 Å². The van der Waals surface area contributed by atoms with Gasteiger partial charge in [-0.25, -0.2) is 4.98 Å². The Morgan fingerprint density at radius 3 is 2.47 bits per heavy atom. The maximum Gasteiger partial charge on any atom is 0.260 e. The zero-order chi connectivity index (χ0) is 24.9. The molecule has 1 saturated heterocycles. The highest BCUT2D eigenvalue weighted by Crippen LogP contribution is 2.32. The summed E-state index contributed by atoms with van der Waals surface area (Å²) in [7, 11) is 0. The molecule has 0 spiro atoms. The van der Waals surface area contributed by atoms with Gasteiger partial charge in [0.05, 0.1) is 23.4 Å². The summed E-state index contributed by atoms with van der Waals surface area (Å²) in [6.45, 7) is 9.27. The first-order valence-electron chi connectivity index (χ1n) is 12.7. The van der Waals surface area contributed by atoms with Crippen molar-refractivity contribution in [1.82, 2.24) is 9.88 Å². The van der Waals surface area contributed by atoms with Gasteiger partial charge in [-0.1, -0.05) is 59.9 Å². The second-order valence-corrected chi connectivity index (χ2v) is 10.6. The normalized spacial score (nSPS) is 14.3. The number of nitrogens with zero attached hydrogens (tertiary/aromatic N) is 3. The predicted octanol–water partition coefficient (Wildman–Crippen LogP) is 5.87. The minimum absolute atomic E-state index is 0.0108. The minimum atomic E-state index is 0.0108. The van der Waals surface area contributed by atoms with Gasteiger partial charge in [0.1, 0.15) is 0 Å². The Hall–Kier alpha value is -3.06. The molecule has 1 aliphatic heterocycles. The van der Waals surface area contributed by atoms with Gasteiger partial charge in [-0.3, -0.25) is 14.6 Å². The van der Waals surface area contributed by atoms with Crippen LogP contribution in [0.5, 0.6) is 0 Å². The number of fused-ring (bicyclic) bond motifs is 1. The third-order valence-electron chi connectivity index (χ3n) is 6.71. The van der Waals surface area contributed by atoms with Crippen molar-refractivity contribution >= 4 is 32.6 Å². The predicted molar refractivity (Wildman–Crippen MR) is 148 cm³/mol. The molecular formula is C30H33N3O2S. The van der Waals surface area contributed by atoms with Gasteiger partial charge in [0.25, 0.3) is 5.91 Å². The topological polar surface area (TPSA) is 45.7 Å². The van der Waals surface area contributed by atoms with Gasteiger partial charge in [-0.15, -0.1) is 0 Å². The van der Waals surface area contributed by atoms with Crippen molar-refractivity contribution in [3.05, 3.63) is 94.5 Å². The monoisotopic (exact) mass is 499 g/mol. The summed E-state index contributed by atoms with van der Waals surface area (Å²) >= 11 is 1.61. The van der Waals surface area contributed by atoms with Crippen LogP contribution in [0.15, 0.2) is 66.7 Å². The number of carbonyl (C=O) groups excluding carboxylic acids is 1. The van der Waals surface area contributed by atoms with Crippen molar-refractivity contribution in [2.45, 2.75) is 26.7 Å². The first-order valence-corrected chi connectivity index (χ1v) is 13.5. The Morgan fingerprint density at radius 1 is 1.00 bits per heavy atom. The van der Waals surface area contributed by atoms with E-state index in [4.69, 9.17) is 9.72 Å². The number of morpholine rings is 1. The number of thiazole rings is 1. The lowest BCUT2D eigenvalue weighted by Crippen LogP contribution is -2.39. The number of carbonyl (C=O) groups is 1. The van der Waals surface area contributed by atoms with E-state index in [1.54, 1.807) is 11.3 Å². The average molecular weight is 500 g/mol. The molecular weight excluding hydrogens is 466 g/mol. The van der Waals surface area contributed by atoms with E-state index in [9.17, 15) is 4.79 Å². The fraction of sp³-hybridized carbons (Fsp3) is 0.333. The molecule has 0 saturated carbocycles. The maximum absolute atomic E-state index is 13.8. The van der Waals surface area contributed by atoms with E-state index < -0.39 is 0 Å². The van der Waals surface area contributed by atoms with Gasteiger partial charge >= 0.3 is 0 Å². The number of hydrogen-bond acceptors (Lipinski definition) is 5. The molecule has 0 N–H and O–H groups in total. The summed E-state index contributed by atoms with van der Waals surface area (Å²) in [6, 6.07) is 22.8. The van der Waals surface area contributed by atoms with Gasteiger partial charge < -0.3 is 4.74 Å². The lowest BCUT2D eigenvalue weighted by molar-refractivity contribution is 0.0376. The summed E-state index contributed by atoms with van der Waals surface area (Å²) in [6.07, 6.45) is 1.75. The molecule has 36 heavy (non-hydrogen) atoms. The van der Waals surface area contributed by atoms with Crippen LogP contribution < -0.4 is 4.90 Å². The van der Waals surface area contributed by atoms with E-state index in [0.717, 1.165) is 66.6 Å². The number of hydrogen-bond donors (Lipinski definition) is 0. The van der Waals surface area contributed by atoms with Crippen LogP contribution in [0, 0.1) is 13.8 Å². The number of aromatic nitrogens is 1. The summed E-state index contributed by atoms with van der Waals surface area (Å²) < 4.78 is 6.61. The summed E-state index contributed by atoms with van der Waals surface area (Å²) in [5, 5.41) is 0.777. The van der Waals surface area contributed by atoms with Gasteiger partial charge in [0.15, 0.2) is 5.13 Å². The molecule has 3 aromatic carbocycles. The molecule has 1 aliphatic rings. The molecule has 6 heteroatoms. The number of ether oxygens (including phenoxy) is 1. The first-order chi connectivity index (χ1) is 17.6. The highest BCUT2D eigenvalue weighted by atomic mass is 32.1. The number of benzene rings is 3. The summed E-state index contributed by atoms with van der Waals surface area (Å²) in [4.78, 5) is 23.0. The van der Waals surface area contributed by atoms with Crippen LogP contribution in [0.4, 0.5) is 5.13 Å². The van der Waals surface area contributed by atoms with Crippen LogP contribution in [0.2, 0.25) is 0 Å². The van der Waals surface area contributed by atoms with Crippen molar-refractivity contribution in [1.29, 1.82) is 0 Å². The smallest absolute Gasteiger partial charge is 0.260 e. The molecule has 0 aliphatic carbocycles. The largest absolute Gasteiger partial charge is 0.379 e. The molecule has 5 nitrogen and oxygen atoms in total. The summed E-state index contributed by atoms with van der Waals surface area (Å²) in [5.41, 5.74) is 6.52. The fourth-order valence-corrected chi connectivity index (χ4v) is 5.95. The van der Waals surface area contributed by atoms with Gasteiger partial charge in [0, 0.05) is 31.7 Å². The van der Waals surface area contributed by atoms with Crippen LogP contribution in [0.1, 0.15) is 39.0 Å². The van der Waals surface area contributed by atoms with E-state index >= 15 is 0 Å². The Kier molecular flexibility index (Phi) is 7.75. The van der Waals surface area contributed by atoms with Crippen LogP contribution in [-0.2, 0) is 11.2 Å². The second kappa shape index (κ2) is 11.3. The lowest BCUT2D eigenvalue weighted by Gasteiger charge is -2.27. The zero-order valence-corrected chi connectivity index (χ0v) is 21.9. The number of aryl methyl sites for hydroxylation is 2. The molecule has 0 atom stereocenters. The Bertz CT molecular complexity index is 1310. The standard InChI is InChI=1S/C30H33N3O2S/c1-22-19-23(2)28-27(20-22)36-30(31-28)33(14-6-13-32-15-17-35-18-16-32)29(34)26-11-9-25(10-12-26)21-24-7-4-3-5-8-24/h3-5,7-12,19-20H,6,13-18,21H2,1-2H3. The van der Waals surface area contributed by atoms with Crippen molar-refractivity contribution in [2.75, 3.05) is 44.3 Å². The van der Waals surface area contributed by atoms with Crippen molar-refractivity contribution in [3.8, 4) is 0 Å². The van der Waals surface area contributed by atoms with Crippen molar-refractivity contribution < 1.29 is 9.53 Å². The van der Waals surface area contributed by atoms with E-state index in [1.165, 1.54) is 16.7 Å². The Labute approximate surface area is 217 Å². The van der Waals surface area contributed by atoms with Crippen LogP contribution in [0.25, 0.3) is 10.2 Å². The molecule has 0 bridgehead atoms. The van der Waals surface area contributed by atoms with E-state index in [1.807, 2.05) is 23.1 Å². The molecule has 5 rings (SSSR count). The molecule has 4 aromatic rings. The Balaban J connectivity index is 1.37. The number of amides is 1. The SMILES string of the molecule is Cc1cc(C)c2nc(N(CCCN3CCOCC3)C(=O)c3ccc(Cc4ccccc4)cc3)sc2c1. The Morgan fingerprint density at radius 2 is 1.72 bits per heavy atom. The van der Waals surface area contributed by atoms with E-state index in [0.29, 0.717) is 12.1 Å². The highest BCUT2D eigenvalue weighted by molar-refractivity contribution is 7.22. The van der Waals surface area contributed by atoms with Crippen LogP contribution >= 0.6 is 11.3 Å². The van der Waals surface area contributed by atoms with Gasteiger partial charge in [-0.05, 0) is 67.1 Å². The van der Waals surface area contributed by atoms with E-state index in [2.05, 4.69) is 67.3 Å².